The van der Waals surface area contributed by atoms with E-state index in [2.05, 4.69) is 21.2 Å². The van der Waals surface area contributed by atoms with Gasteiger partial charge >= 0.3 is 0 Å². The average molecular weight is 304 g/mol. The van der Waals surface area contributed by atoms with Gasteiger partial charge in [0, 0.05) is 0 Å². The van der Waals surface area contributed by atoms with E-state index in [1.165, 1.54) is 11.8 Å². The van der Waals surface area contributed by atoms with Crippen molar-refractivity contribution in [3.63, 3.8) is 0 Å². The second-order valence-corrected chi connectivity index (χ2v) is 5.54. The van der Waals surface area contributed by atoms with E-state index in [1.54, 1.807) is 12.1 Å². The van der Waals surface area contributed by atoms with Crippen LogP contribution in [0.25, 0.3) is 0 Å². The third-order valence-corrected chi connectivity index (χ3v) is 3.71. The van der Waals surface area contributed by atoms with Crippen LogP contribution in [0, 0.1) is 6.92 Å². The highest BCUT2D eigenvalue weighted by Crippen LogP contribution is 2.33. The zero-order valence-electron chi connectivity index (χ0n) is 9.37. The molecule has 0 saturated carbocycles. The summed E-state index contributed by atoms with van der Waals surface area (Å²) in [5, 5.41) is 12.3. The van der Waals surface area contributed by atoms with Crippen LogP contribution < -0.4 is 5.32 Å². The SMILES string of the molecule is CS[C@@H](C)C(=O)Nc1cc(C)cc(Br)c1O. The van der Waals surface area contributed by atoms with Gasteiger partial charge in [0.15, 0.2) is 5.75 Å². The third kappa shape index (κ3) is 3.15. The first-order valence-corrected chi connectivity index (χ1v) is 6.86. The summed E-state index contributed by atoms with van der Waals surface area (Å²) in [6.45, 7) is 3.72. The number of phenolic OH excluding ortho intramolecular Hbond substituents is 1. The highest BCUT2D eigenvalue weighted by Gasteiger charge is 2.14. The van der Waals surface area contributed by atoms with Crippen molar-refractivity contribution in [2.75, 3.05) is 11.6 Å². The van der Waals surface area contributed by atoms with Crippen LogP contribution in [0.4, 0.5) is 5.69 Å². The Balaban J connectivity index is 2.93. The monoisotopic (exact) mass is 303 g/mol. The number of phenols is 1. The van der Waals surface area contributed by atoms with Gasteiger partial charge in [0.1, 0.15) is 0 Å². The first-order chi connectivity index (χ1) is 7.45. The quantitative estimate of drug-likeness (QED) is 0.843. The van der Waals surface area contributed by atoms with Crippen LogP contribution in [0.15, 0.2) is 16.6 Å². The number of aromatic hydroxyl groups is 1. The van der Waals surface area contributed by atoms with Crippen molar-refractivity contribution in [2.45, 2.75) is 19.1 Å². The van der Waals surface area contributed by atoms with Gasteiger partial charge in [-0.25, -0.2) is 0 Å². The first kappa shape index (κ1) is 13.4. The van der Waals surface area contributed by atoms with E-state index in [0.717, 1.165) is 5.56 Å². The summed E-state index contributed by atoms with van der Waals surface area (Å²) in [5.41, 5.74) is 1.41. The number of hydrogen-bond donors (Lipinski definition) is 2. The van der Waals surface area contributed by atoms with E-state index < -0.39 is 0 Å². The molecule has 0 aliphatic rings. The van der Waals surface area contributed by atoms with Crippen LogP contribution in [0.2, 0.25) is 0 Å². The Morgan fingerprint density at radius 1 is 1.56 bits per heavy atom. The summed E-state index contributed by atoms with van der Waals surface area (Å²) >= 11 is 4.70. The minimum Gasteiger partial charge on any atom is -0.505 e. The molecule has 2 N–H and O–H groups in total. The van der Waals surface area contributed by atoms with Gasteiger partial charge in [-0.3, -0.25) is 4.79 Å². The Bertz CT molecular complexity index is 409. The Morgan fingerprint density at radius 2 is 2.19 bits per heavy atom. The maximum Gasteiger partial charge on any atom is 0.237 e. The summed E-state index contributed by atoms with van der Waals surface area (Å²) in [6.07, 6.45) is 1.87. The smallest absolute Gasteiger partial charge is 0.237 e. The molecule has 0 saturated heterocycles. The lowest BCUT2D eigenvalue weighted by Gasteiger charge is -2.12. The van der Waals surface area contributed by atoms with Crippen LogP contribution in [0.3, 0.4) is 0 Å². The van der Waals surface area contributed by atoms with Crippen LogP contribution in [0.5, 0.6) is 5.75 Å². The zero-order valence-corrected chi connectivity index (χ0v) is 11.8. The predicted octanol–water partition coefficient (Wildman–Crippen LogP) is 3.15. The standard InChI is InChI=1S/C11H14BrNO2S/c1-6-4-8(12)10(14)9(5-6)13-11(15)7(2)16-3/h4-5,7,14H,1-3H3,(H,13,15)/t7-/m0/s1. The molecule has 1 rings (SSSR count). The number of benzene rings is 1. The molecule has 3 nitrogen and oxygen atoms in total. The second-order valence-electron chi connectivity index (χ2n) is 3.51. The van der Waals surface area contributed by atoms with Gasteiger partial charge in [-0.2, -0.15) is 11.8 Å². The van der Waals surface area contributed by atoms with Gasteiger partial charge in [-0.1, -0.05) is 0 Å². The number of rotatable bonds is 3. The molecule has 0 aliphatic carbocycles. The molecule has 88 valence electrons. The zero-order chi connectivity index (χ0) is 12.3. The fraction of sp³-hybridized carbons (Fsp3) is 0.364. The van der Waals surface area contributed by atoms with Gasteiger partial charge < -0.3 is 10.4 Å². The van der Waals surface area contributed by atoms with E-state index >= 15 is 0 Å². The van der Waals surface area contributed by atoms with Gasteiger partial charge in [0.05, 0.1) is 15.4 Å². The molecule has 5 heteroatoms. The number of carbonyl (C=O) groups is 1. The normalized spacial score (nSPS) is 12.2. The molecule has 1 aromatic rings. The fourth-order valence-electron chi connectivity index (χ4n) is 1.17. The Hall–Kier alpha value is -0.680. The molecule has 0 spiro atoms. The minimum atomic E-state index is -0.140. The second kappa shape index (κ2) is 5.59. The van der Waals surface area contributed by atoms with Crippen molar-refractivity contribution < 1.29 is 9.90 Å². The Morgan fingerprint density at radius 3 is 2.75 bits per heavy atom. The largest absolute Gasteiger partial charge is 0.505 e. The van der Waals surface area contributed by atoms with E-state index in [1.807, 2.05) is 20.1 Å². The first-order valence-electron chi connectivity index (χ1n) is 4.78. The van der Waals surface area contributed by atoms with Crippen molar-refractivity contribution in [3.05, 3.63) is 22.2 Å². The lowest BCUT2D eigenvalue weighted by Crippen LogP contribution is -2.22. The summed E-state index contributed by atoms with van der Waals surface area (Å²) in [7, 11) is 0. The maximum absolute atomic E-state index is 11.7. The van der Waals surface area contributed by atoms with Crippen molar-refractivity contribution in [1.82, 2.24) is 0 Å². The van der Waals surface area contributed by atoms with Crippen LogP contribution in [-0.4, -0.2) is 22.5 Å². The van der Waals surface area contributed by atoms with E-state index in [-0.39, 0.29) is 16.9 Å². The number of thioether (sulfide) groups is 1. The summed E-state index contributed by atoms with van der Waals surface area (Å²) < 4.78 is 0.583. The van der Waals surface area contributed by atoms with Crippen molar-refractivity contribution in [3.8, 4) is 5.75 Å². The number of hydrogen-bond acceptors (Lipinski definition) is 3. The lowest BCUT2D eigenvalue weighted by molar-refractivity contribution is -0.115. The number of anilines is 1. The van der Waals surface area contributed by atoms with E-state index in [4.69, 9.17) is 0 Å². The molecule has 1 atom stereocenters. The third-order valence-electron chi connectivity index (χ3n) is 2.19. The van der Waals surface area contributed by atoms with Crippen molar-refractivity contribution >= 4 is 39.3 Å². The summed E-state index contributed by atoms with van der Waals surface area (Å²) in [4.78, 5) is 11.7. The number of nitrogens with one attached hydrogen (secondary N) is 1. The number of carbonyl (C=O) groups excluding carboxylic acids is 1. The molecule has 0 fully saturated rings. The number of aryl methyl sites for hydroxylation is 1. The molecular formula is C11H14BrNO2S. The topological polar surface area (TPSA) is 49.3 Å². The lowest BCUT2D eigenvalue weighted by atomic mass is 10.2. The molecule has 0 aliphatic heterocycles. The molecule has 0 bridgehead atoms. The van der Waals surface area contributed by atoms with Crippen molar-refractivity contribution in [2.24, 2.45) is 0 Å². The van der Waals surface area contributed by atoms with Gasteiger partial charge in [-0.15, -0.1) is 0 Å². The fourth-order valence-corrected chi connectivity index (χ4v) is 2.02. The van der Waals surface area contributed by atoms with Crippen LogP contribution >= 0.6 is 27.7 Å². The number of halogens is 1. The highest BCUT2D eigenvalue weighted by molar-refractivity contribution is 9.10. The highest BCUT2D eigenvalue weighted by atomic mass is 79.9. The molecule has 0 radical (unpaired) electrons. The molecule has 1 amide bonds. The maximum atomic E-state index is 11.7. The van der Waals surface area contributed by atoms with Crippen LogP contribution in [0.1, 0.15) is 12.5 Å². The molecule has 0 unspecified atom stereocenters. The molecule has 0 aromatic heterocycles. The van der Waals surface area contributed by atoms with E-state index in [9.17, 15) is 9.90 Å². The summed E-state index contributed by atoms with van der Waals surface area (Å²) in [6, 6.07) is 3.54. The molecule has 0 heterocycles. The van der Waals surface area contributed by atoms with Crippen LogP contribution in [-0.2, 0) is 4.79 Å². The molecule has 16 heavy (non-hydrogen) atoms. The Labute approximate surface area is 108 Å². The Kier molecular flexibility index (Phi) is 4.68. The minimum absolute atomic E-state index is 0.0623. The predicted molar refractivity (Wildman–Crippen MR) is 72.2 cm³/mol. The van der Waals surface area contributed by atoms with Gasteiger partial charge in [-0.05, 0) is 53.7 Å². The summed E-state index contributed by atoms with van der Waals surface area (Å²) in [5.74, 6) is -0.0486. The van der Waals surface area contributed by atoms with E-state index in [0.29, 0.717) is 10.2 Å². The molecule has 1 aromatic carbocycles. The molecular weight excluding hydrogens is 290 g/mol. The van der Waals surface area contributed by atoms with Gasteiger partial charge in [0.25, 0.3) is 0 Å². The van der Waals surface area contributed by atoms with Crippen molar-refractivity contribution in [1.29, 1.82) is 0 Å². The average Bonchev–Trinajstić information content (AvgIpc) is 2.23. The number of amides is 1. The van der Waals surface area contributed by atoms with Gasteiger partial charge in [0.2, 0.25) is 5.91 Å².